The molecule has 1 rings (SSSR count). The molecule has 0 spiro atoms. The van der Waals surface area contributed by atoms with Gasteiger partial charge in [-0.25, -0.2) is 0 Å². The summed E-state index contributed by atoms with van der Waals surface area (Å²) in [6, 6.07) is -0.215. The van der Waals surface area contributed by atoms with Crippen LogP contribution in [0.3, 0.4) is 0 Å². The number of anilines is 1. The maximum Gasteiger partial charge on any atom is 0.227 e. The first-order valence-corrected chi connectivity index (χ1v) is 5.53. The molecule has 1 aromatic heterocycles. The Balaban J connectivity index is 2.41. The van der Waals surface area contributed by atoms with Crippen molar-refractivity contribution in [1.82, 2.24) is 10.2 Å². The quantitative estimate of drug-likeness (QED) is 0.658. The number of carbonyl (C=O) groups excluding carboxylic acids is 1. The van der Waals surface area contributed by atoms with Gasteiger partial charge in [-0.05, 0) is 6.92 Å². The molecule has 1 amide bonds. The first-order chi connectivity index (χ1) is 6.61. The van der Waals surface area contributed by atoms with Crippen LogP contribution in [0, 0.1) is 6.92 Å². The Bertz CT molecular complexity index is 314. The monoisotopic (exact) mass is 232 g/mol. The van der Waals surface area contributed by atoms with Gasteiger partial charge in [0.1, 0.15) is 5.01 Å². The van der Waals surface area contributed by atoms with Crippen LogP contribution < -0.4 is 11.1 Å². The van der Waals surface area contributed by atoms with Crippen molar-refractivity contribution in [3.05, 3.63) is 5.01 Å². The Morgan fingerprint density at radius 1 is 1.71 bits per heavy atom. The van der Waals surface area contributed by atoms with E-state index in [4.69, 9.17) is 5.73 Å². The molecule has 1 atom stereocenters. The van der Waals surface area contributed by atoms with Crippen molar-refractivity contribution in [2.45, 2.75) is 19.4 Å². The third-order valence-electron chi connectivity index (χ3n) is 1.45. The summed E-state index contributed by atoms with van der Waals surface area (Å²) in [6.07, 6.45) is 0.252. The minimum atomic E-state index is -0.215. The molecule has 0 radical (unpaired) electrons. The van der Waals surface area contributed by atoms with Crippen LogP contribution >= 0.6 is 24.0 Å². The lowest BCUT2D eigenvalue weighted by Gasteiger charge is -2.06. The lowest BCUT2D eigenvalue weighted by atomic mass is 10.2. The summed E-state index contributed by atoms with van der Waals surface area (Å²) < 4.78 is 0. The number of nitrogens with zero attached hydrogens (tertiary/aromatic N) is 2. The van der Waals surface area contributed by atoms with E-state index in [0.717, 1.165) is 5.01 Å². The van der Waals surface area contributed by atoms with Gasteiger partial charge in [-0.15, -0.1) is 10.2 Å². The summed E-state index contributed by atoms with van der Waals surface area (Å²) in [5.41, 5.74) is 5.56. The minimum absolute atomic E-state index is 0.150. The fourth-order valence-corrected chi connectivity index (χ4v) is 1.56. The molecule has 0 bridgehead atoms. The zero-order valence-corrected chi connectivity index (χ0v) is 9.44. The van der Waals surface area contributed by atoms with Crippen LogP contribution in [0.4, 0.5) is 5.13 Å². The second kappa shape index (κ2) is 5.28. The molecular formula is C7H12N4OS2. The molecule has 0 saturated heterocycles. The predicted molar refractivity (Wildman–Crippen MR) is 59.7 cm³/mol. The predicted octanol–water partition coefficient (Wildman–Crippen LogP) is 0.432. The normalized spacial score (nSPS) is 12.5. The van der Waals surface area contributed by atoms with E-state index < -0.39 is 0 Å². The number of nitrogens with two attached hydrogens (primary N) is 1. The lowest BCUT2D eigenvalue weighted by molar-refractivity contribution is -0.116. The molecule has 0 aliphatic rings. The molecule has 1 aromatic rings. The average Bonchev–Trinajstić information content (AvgIpc) is 2.50. The van der Waals surface area contributed by atoms with Gasteiger partial charge in [-0.2, -0.15) is 12.6 Å². The van der Waals surface area contributed by atoms with Crippen LogP contribution in [0.25, 0.3) is 0 Å². The zero-order valence-electron chi connectivity index (χ0n) is 7.73. The summed E-state index contributed by atoms with van der Waals surface area (Å²) >= 11 is 5.33. The second-order valence-corrected chi connectivity index (χ2v) is 4.37. The van der Waals surface area contributed by atoms with Gasteiger partial charge in [0.2, 0.25) is 11.0 Å². The molecule has 5 nitrogen and oxygen atoms in total. The van der Waals surface area contributed by atoms with E-state index in [1.807, 2.05) is 6.92 Å². The number of amides is 1. The van der Waals surface area contributed by atoms with Crippen LogP contribution in [-0.4, -0.2) is 27.9 Å². The van der Waals surface area contributed by atoms with Gasteiger partial charge < -0.3 is 11.1 Å². The van der Waals surface area contributed by atoms with Crippen molar-refractivity contribution in [1.29, 1.82) is 0 Å². The molecule has 0 fully saturated rings. The number of nitrogens with one attached hydrogen (secondary N) is 1. The van der Waals surface area contributed by atoms with Gasteiger partial charge in [-0.3, -0.25) is 4.79 Å². The van der Waals surface area contributed by atoms with Gasteiger partial charge in [0, 0.05) is 18.2 Å². The topological polar surface area (TPSA) is 80.9 Å². The maximum atomic E-state index is 11.3. The smallest absolute Gasteiger partial charge is 0.227 e. The first-order valence-electron chi connectivity index (χ1n) is 4.08. The molecular weight excluding hydrogens is 220 g/mol. The molecule has 7 heteroatoms. The van der Waals surface area contributed by atoms with Gasteiger partial charge in [0.15, 0.2) is 0 Å². The average molecular weight is 232 g/mol. The Morgan fingerprint density at radius 2 is 2.43 bits per heavy atom. The van der Waals surface area contributed by atoms with E-state index in [-0.39, 0.29) is 18.4 Å². The van der Waals surface area contributed by atoms with Crippen LogP contribution in [0.2, 0.25) is 0 Å². The standard InChI is InChI=1S/C7H12N4OS2/c1-4-10-11-7(14-4)9-6(12)2-5(8)3-13/h5,13H,2-3,8H2,1H3,(H,9,11,12). The van der Waals surface area contributed by atoms with Gasteiger partial charge in [-0.1, -0.05) is 11.3 Å². The number of hydrogen-bond donors (Lipinski definition) is 3. The van der Waals surface area contributed by atoms with Crippen molar-refractivity contribution in [3.63, 3.8) is 0 Å². The molecule has 78 valence electrons. The number of thiol groups is 1. The summed E-state index contributed by atoms with van der Waals surface area (Å²) in [4.78, 5) is 11.3. The van der Waals surface area contributed by atoms with Crippen molar-refractivity contribution in [2.24, 2.45) is 5.73 Å². The largest absolute Gasteiger partial charge is 0.326 e. The molecule has 0 aliphatic carbocycles. The molecule has 14 heavy (non-hydrogen) atoms. The van der Waals surface area contributed by atoms with Crippen molar-refractivity contribution in [2.75, 3.05) is 11.1 Å². The highest BCUT2D eigenvalue weighted by Crippen LogP contribution is 2.13. The molecule has 3 N–H and O–H groups in total. The third-order valence-corrected chi connectivity index (χ3v) is 2.68. The molecule has 0 aromatic carbocycles. The number of rotatable bonds is 4. The van der Waals surface area contributed by atoms with E-state index in [1.54, 1.807) is 0 Å². The highest BCUT2D eigenvalue weighted by atomic mass is 32.1. The van der Waals surface area contributed by atoms with E-state index in [9.17, 15) is 4.79 Å². The first kappa shape index (κ1) is 11.4. The Labute approximate surface area is 91.5 Å². The Morgan fingerprint density at radius 3 is 2.93 bits per heavy atom. The van der Waals surface area contributed by atoms with E-state index in [1.165, 1.54) is 11.3 Å². The van der Waals surface area contributed by atoms with E-state index in [2.05, 4.69) is 28.1 Å². The SMILES string of the molecule is Cc1nnc(NC(=O)CC(N)CS)s1. The molecule has 0 aliphatic heterocycles. The fourth-order valence-electron chi connectivity index (χ4n) is 0.820. The van der Waals surface area contributed by atoms with Gasteiger partial charge >= 0.3 is 0 Å². The number of hydrogen-bond acceptors (Lipinski definition) is 6. The molecule has 1 unspecified atom stereocenters. The van der Waals surface area contributed by atoms with Crippen LogP contribution in [0.1, 0.15) is 11.4 Å². The Kier molecular flexibility index (Phi) is 4.30. The number of aryl methyl sites for hydroxylation is 1. The maximum absolute atomic E-state index is 11.3. The summed E-state index contributed by atoms with van der Waals surface area (Å²) in [7, 11) is 0. The van der Waals surface area contributed by atoms with Gasteiger partial charge in [0.05, 0.1) is 0 Å². The Hall–Kier alpha value is -0.660. The number of carbonyl (C=O) groups is 1. The van der Waals surface area contributed by atoms with Crippen molar-refractivity contribution < 1.29 is 4.79 Å². The zero-order chi connectivity index (χ0) is 10.6. The van der Waals surface area contributed by atoms with Gasteiger partial charge in [0.25, 0.3) is 0 Å². The van der Waals surface area contributed by atoms with Crippen LogP contribution in [0.15, 0.2) is 0 Å². The summed E-state index contributed by atoms with van der Waals surface area (Å²) in [5, 5.41) is 11.5. The van der Waals surface area contributed by atoms with Crippen molar-refractivity contribution in [3.8, 4) is 0 Å². The van der Waals surface area contributed by atoms with E-state index in [0.29, 0.717) is 10.9 Å². The van der Waals surface area contributed by atoms with Crippen molar-refractivity contribution >= 4 is 35.0 Å². The minimum Gasteiger partial charge on any atom is -0.326 e. The molecule has 1 heterocycles. The van der Waals surface area contributed by atoms with Crippen LogP contribution in [0.5, 0.6) is 0 Å². The van der Waals surface area contributed by atoms with Crippen LogP contribution in [-0.2, 0) is 4.79 Å². The molecule has 0 saturated carbocycles. The lowest BCUT2D eigenvalue weighted by Crippen LogP contribution is -2.28. The summed E-state index contributed by atoms with van der Waals surface area (Å²) in [6.45, 7) is 1.83. The highest BCUT2D eigenvalue weighted by Gasteiger charge is 2.09. The fraction of sp³-hybridized carbons (Fsp3) is 0.571. The highest BCUT2D eigenvalue weighted by molar-refractivity contribution is 7.80. The third kappa shape index (κ3) is 3.60. The summed E-state index contributed by atoms with van der Waals surface area (Å²) in [5.74, 6) is 0.338. The number of aromatic nitrogens is 2. The van der Waals surface area contributed by atoms with E-state index >= 15 is 0 Å². The second-order valence-electron chi connectivity index (χ2n) is 2.82.